The monoisotopic (exact) mass is 379 g/mol. The molecule has 0 aliphatic carbocycles. The van der Waals surface area contributed by atoms with Crippen LogP contribution < -0.4 is 5.32 Å². The first-order chi connectivity index (χ1) is 11.0. The summed E-state index contributed by atoms with van der Waals surface area (Å²) in [6.07, 6.45) is 1.06. The normalized spacial score (nSPS) is 11.8. The predicted molar refractivity (Wildman–Crippen MR) is 90.5 cm³/mol. The van der Waals surface area contributed by atoms with Crippen LogP contribution in [0.5, 0.6) is 0 Å². The van der Waals surface area contributed by atoms with Gasteiger partial charge in [-0.2, -0.15) is 0 Å². The first-order valence-corrected chi connectivity index (χ1v) is 8.11. The van der Waals surface area contributed by atoms with E-state index in [-0.39, 0.29) is 12.4 Å². The van der Waals surface area contributed by atoms with Gasteiger partial charge in [0.2, 0.25) is 5.76 Å². The highest BCUT2D eigenvalue weighted by Crippen LogP contribution is 2.20. The van der Waals surface area contributed by atoms with Crippen LogP contribution in [-0.4, -0.2) is 18.5 Å². The van der Waals surface area contributed by atoms with Gasteiger partial charge in [0.05, 0.1) is 0 Å². The molecule has 1 atom stereocenters. The van der Waals surface area contributed by atoms with Crippen molar-refractivity contribution >= 4 is 33.5 Å². The molecule has 0 spiro atoms. The minimum atomic E-state index is -0.682. The molecule has 1 amide bonds. The number of rotatable bonds is 6. The number of hydrogen-bond donors (Lipinski definition) is 1. The van der Waals surface area contributed by atoms with Crippen LogP contribution in [0.1, 0.15) is 42.3 Å². The Bertz CT molecular complexity index is 678. The number of halogens is 1. The smallest absolute Gasteiger partial charge is 0.374 e. The standard InChI is InChI=1S/C17H18BrNO4/c1-3-11(2)12-4-6-13(7-5-12)19-16(20)10-22-17(21)14-8-9-15(18)23-14/h4-9,11H,3,10H2,1-2H3,(H,19,20)/t11-/m0/s1. The fourth-order valence-corrected chi connectivity index (χ4v) is 2.26. The van der Waals surface area contributed by atoms with Crippen LogP contribution in [0, 0.1) is 0 Å². The van der Waals surface area contributed by atoms with E-state index in [1.54, 1.807) is 6.07 Å². The van der Waals surface area contributed by atoms with Crippen molar-refractivity contribution in [1.29, 1.82) is 0 Å². The summed E-state index contributed by atoms with van der Waals surface area (Å²) in [5.74, 6) is -0.561. The van der Waals surface area contributed by atoms with Crippen molar-refractivity contribution < 1.29 is 18.7 Å². The molecule has 1 N–H and O–H groups in total. The Morgan fingerprint density at radius 1 is 1.22 bits per heavy atom. The number of carbonyl (C=O) groups is 2. The topological polar surface area (TPSA) is 68.5 Å². The maximum Gasteiger partial charge on any atom is 0.374 e. The molecule has 0 fully saturated rings. The summed E-state index contributed by atoms with van der Waals surface area (Å²) in [6, 6.07) is 10.7. The van der Waals surface area contributed by atoms with Crippen LogP contribution in [0.4, 0.5) is 5.69 Å². The van der Waals surface area contributed by atoms with Crippen LogP contribution in [0.2, 0.25) is 0 Å². The van der Waals surface area contributed by atoms with Crippen molar-refractivity contribution in [3.63, 3.8) is 0 Å². The number of furan rings is 1. The fourth-order valence-electron chi connectivity index (χ4n) is 1.95. The third-order valence-corrected chi connectivity index (χ3v) is 3.91. The van der Waals surface area contributed by atoms with Gasteiger partial charge < -0.3 is 14.5 Å². The van der Waals surface area contributed by atoms with Crippen molar-refractivity contribution in [3.05, 3.63) is 52.4 Å². The molecule has 1 aromatic carbocycles. The Balaban J connectivity index is 1.83. The zero-order valence-electron chi connectivity index (χ0n) is 13.0. The number of benzene rings is 1. The lowest BCUT2D eigenvalue weighted by Gasteiger charge is -2.10. The molecule has 1 aromatic heterocycles. The predicted octanol–water partition coefficient (Wildman–Crippen LogP) is 4.35. The molecule has 0 aliphatic rings. The van der Waals surface area contributed by atoms with E-state index in [2.05, 4.69) is 35.1 Å². The highest BCUT2D eigenvalue weighted by Gasteiger charge is 2.14. The largest absolute Gasteiger partial charge is 0.450 e. The fraction of sp³-hybridized carbons (Fsp3) is 0.294. The third kappa shape index (κ3) is 4.96. The van der Waals surface area contributed by atoms with Gasteiger partial charge in [-0.25, -0.2) is 4.79 Å². The second kappa shape index (κ2) is 7.97. The summed E-state index contributed by atoms with van der Waals surface area (Å²) < 4.78 is 10.4. The summed E-state index contributed by atoms with van der Waals surface area (Å²) in [5, 5.41) is 2.68. The van der Waals surface area contributed by atoms with E-state index in [0.29, 0.717) is 16.3 Å². The van der Waals surface area contributed by atoms with Crippen molar-refractivity contribution in [3.8, 4) is 0 Å². The molecule has 0 unspecified atom stereocenters. The SMILES string of the molecule is CC[C@H](C)c1ccc(NC(=O)COC(=O)c2ccc(Br)o2)cc1. The number of amides is 1. The summed E-state index contributed by atoms with van der Waals surface area (Å²) >= 11 is 3.09. The minimum Gasteiger partial charge on any atom is -0.450 e. The Kier molecular flexibility index (Phi) is 5.98. The molecule has 2 aromatic rings. The van der Waals surface area contributed by atoms with Gasteiger partial charge >= 0.3 is 5.97 Å². The number of anilines is 1. The van der Waals surface area contributed by atoms with E-state index >= 15 is 0 Å². The van der Waals surface area contributed by atoms with Crippen molar-refractivity contribution in [2.24, 2.45) is 0 Å². The lowest BCUT2D eigenvalue weighted by atomic mass is 9.99. The molecule has 0 saturated heterocycles. The Morgan fingerprint density at radius 3 is 2.48 bits per heavy atom. The lowest BCUT2D eigenvalue weighted by Crippen LogP contribution is -2.20. The van der Waals surface area contributed by atoms with Crippen LogP contribution in [-0.2, 0) is 9.53 Å². The van der Waals surface area contributed by atoms with Gasteiger partial charge in [-0.3, -0.25) is 4.79 Å². The number of nitrogens with one attached hydrogen (secondary N) is 1. The average molecular weight is 380 g/mol. The highest BCUT2D eigenvalue weighted by molar-refractivity contribution is 9.10. The second-order valence-electron chi connectivity index (χ2n) is 5.16. The zero-order valence-corrected chi connectivity index (χ0v) is 14.6. The van der Waals surface area contributed by atoms with E-state index in [9.17, 15) is 9.59 Å². The number of ether oxygens (including phenoxy) is 1. The molecule has 6 heteroatoms. The maximum atomic E-state index is 11.8. The molecule has 122 valence electrons. The summed E-state index contributed by atoms with van der Waals surface area (Å²) in [7, 11) is 0. The molecule has 5 nitrogen and oxygen atoms in total. The average Bonchev–Trinajstić information content (AvgIpc) is 2.99. The summed E-state index contributed by atoms with van der Waals surface area (Å²) in [5.41, 5.74) is 1.89. The maximum absolute atomic E-state index is 11.8. The quantitative estimate of drug-likeness (QED) is 0.757. The van der Waals surface area contributed by atoms with Crippen LogP contribution in [0.15, 0.2) is 45.5 Å². The van der Waals surface area contributed by atoms with E-state index < -0.39 is 11.9 Å². The molecule has 23 heavy (non-hydrogen) atoms. The van der Waals surface area contributed by atoms with E-state index in [1.165, 1.54) is 11.6 Å². The van der Waals surface area contributed by atoms with Gasteiger partial charge in [0.15, 0.2) is 11.3 Å². The van der Waals surface area contributed by atoms with Gasteiger partial charge in [0.25, 0.3) is 5.91 Å². The first-order valence-electron chi connectivity index (χ1n) is 7.32. The van der Waals surface area contributed by atoms with Crippen LogP contribution >= 0.6 is 15.9 Å². The highest BCUT2D eigenvalue weighted by atomic mass is 79.9. The van der Waals surface area contributed by atoms with Crippen molar-refractivity contribution in [2.75, 3.05) is 11.9 Å². The van der Waals surface area contributed by atoms with Crippen LogP contribution in [0.25, 0.3) is 0 Å². The van der Waals surface area contributed by atoms with Gasteiger partial charge in [0, 0.05) is 5.69 Å². The van der Waals surface area contributed by atoms with Gasteiger partial charge in [-0.1, -0.05) is 26.0 Å². The third-order valence-electron chi connectivity index (χ3n) is 3.48. The Labute approximate surface area is 143 Å². The zero-order chi connectivity index (χ0) is 16.8. The van der Waals surface area contributed by atoms with E-state index in [0.717, 1.165) is 6.42 Å². The molecule has 0 bridgehead atoms. The van der Waals surface area contributed by atoms with Crippen molar-refractivity contribution in [1.82, 2.24) is 0 Å². The molecule has 0 aliphatic heterocycles. The number of esters is 1. The van der Waals surface area contributed by atoms with Crippen LogP contribution in [0.3, 0.4) is 0 Å². The Hall–Kier alpha value is -2.08. The minimum absolute atomic E-state index is 0.0441. The summed E-state index contributed by atoms with van der Waals surface area (Å²) in [4.78, 5) is 23.5. The summed E-state index contributed by atoms with van der Waals surface area (Å²) in [6.45, 7) is 3.91. The molecule has 0 saturated carbocycles. The van der Waals surface area contributed by atoms with Crippen molar-refractivity contribution in [2.45, 2.75) is 26.2 Å². The van der Waals surface area contributed by atoms with E-state index in [4.69, 9.17) is 9.15 Å². The van der Waals surface area contributed by atoms with Gasteiger partial charge in [-0.15, -0.1) is 0 Å². The molecule has 2 rings (SSSR count). The molecule has 0 radical (unpaired) electrons. The molecule has 1 heterocycles. The number of carbonyl (C=O) groups excluding carboxylic acids is 2. The second-order valence-corrected chi connectivity index (χ2v) is 5.94. The van der Waals surface area contributed by atoms with Gasteiger partial charge in [-0.05, 0) is 58.1 Å². The first kappa shape index (κ1) is 17.3. The molecular weight excluding hydrogens is 362 g/mol. The van der Waals surface area contributed by atoms with Gasteiger partial charge in [0.1, 0.15) is 0 Å². The van der Waals surface area contributed by atoms with E-state index in [1.807, 2.05) is 24.3 Å². The lowest BCUT2D eigenvalue weighted by molar-refractivity contribution is -0.119. The molecular formula is C17H18BrNO4. The number of hydrogen-bond acceptors (Lipinski definition) is 4. The Morgan fingerprint density at radius 2 is 1.91 bits per heavy atom.